The zero-order valence-corrected chi connectivity index (χ0v) is 12.9. The second-order valence-electron chi connectivity index (χ2n) is 5.81. The number of carbonyl (C=O) groups is 1. The number of nitrogens with zero attached hydrogens (tertiary/aromatic N) is 5. The minimum atomic E-state index is -0.182. The van der Waals surface area contributed by atoms with Crippen LogP contribution in [0.3, 0.4) is 0 Å². The zero-order valence-electron chi connectivity index (χ0n) is 12.9. The van der Waals surface area contributed by atoms with Crippen LogP contribution in [0.25, 0.3) is 17.0 Å². The molecule has 1 aliphatic heterocycles. The highest BCUT2D eigenvalue weighted by atomic mass is 16.5. The van der Waals surface area contributed by atoms with E-state index in [0.717, 1.165) is 29.3 Å². The molecule has 2 aliphatic rings. The maximum Gasteiger partial charge on any atom is 0.251 e. The lowest BCUT2D eigenvalue weighted by molar-refractivity contribution is -0.117. The van der Waals surface area contributed by atoms with E-state index in [1.807, 2.05) is 6.92 Å². The van der Waals surface area contributed by atoms with Crippen LogP contribution in [0.5, 0.6) is 5.88 Å². The maximum atomic E-state index is 11.7. The summed E-state index contributed by atoms with van der Waals surface area (Å²) in [5.41, 5.74) is 2.95. The molecule has 1 aliphatic carbocycles. The molecular formula is C16H15N5O2. The maximum absolute atomic E-state index is 11.7. The lowest BCUT2D eigenvalue weighted by Gasteiger charge is -2.11. The third-order valence-corrected chi connectivity index (χ3v) is 4.10. The van der Waals surface area contributed by atoms with Gasteiger partial charge in [0.1, 0.15) is 11.9 Å². The van der Waals surface area contributed by atoms with Gasteiger partial charge in [-0.3, -0.25) is 4.79 Å². The van der Waals surface area contributed by atoms with Crippen LogP contribution in [-0.4, -0.2) is 33.0 Å². The molecule has 7 nitrogen and oxygen atoms in total. The van der Waals surface area contributed by atoms with Crippen molar-refractivity contribution in [1.29, 1.82) is 0 Å². The molecule has 1 amide bonds. The molecule has 2 aromatic rings. The molecule has 3 heterocycles. The molecule has 23 heavy (non-hydrogen) atoms. The largest absolute Gasteiger partial charge is 0.480 e. The molecule has 1 fully saturated rings. The molecule has 4 rings (SSSR count). The highest BCUT2D eigenvalue weighted by molar-refractivity contribution is 5.85. The predicted molar refractivity (Wildman–Crippen MR) is 81.1 cm³/mol. The van der Waals surface area contributed by atoms with E-state index in [-0.39, 0.29) is 5.91 Å². The van der Waals surface area contributed by atoms with E-state index in [2.05, 4.69) is 24.9 Å². The number of hydrogen-bond acceptors (Lipinski definition) is 6. The second-order valence-corrected chi connectivity index (χ2v) is 5.81. The standard InChI is InChI=1S/C16H15N5O2/c1-8-5-11(22)20-14-10(8)6-17-15(21-14)12-13(9-3-4-9)18-7-19-16(12)23-2/h6-7,9H,3-5H2,1-2H3. The summed E-state index contributed by atoms with van der Waals surface area (Å²) >= 11 is 0. The fourth-order valence-corrected chi connectivity index (χ4v) is 2.77. The van der Waals surface area contributed by atoms with Gasteiger partial charge in [-0.1, -0.05) is 5.57 Å². The van der Waals surface area contributed by atoms with E-state index < -0.39 is 0 Å². The van der Waals surface area contributed by atoms with Crippen LogP contribution in [0.2, 0.25) is 0 Å². The summed E-state index contributed by atoms with van der Waals surface area (Å²) in [4.78, 5) is 33.2. The molecule has 0 saturated heterocycles. The number of rotatable bonds is 3. The van der Waals surface area contributed by atoms with Crippen molar-refractivity contribution in [1.82, 2.24) is 19.9 Å². The predicted octanol–water partition coefficient (Wildman–Crippen LogP) is 0.540. The van der Waals surface area contributed by atoms with E-state index >= 15 is 0 Å². The molecule has 0 bridgehead atoms. The minimum absolute atomic E-state index is 0.182. The summed E-state index contributed by atoms with van der Waals surface area (Å²) in [6.45, 7) is 1.90. The van der Waals surface area contributed by atoms with Crippen molar-refractivity contribution in [2.45, 2.75) is 32.1 Å². The van der Waals surface area contributed by atoms with Gasteiger partial charge in [0.2, 0.25) is 5.88 Å². The normalized spacial score (nSPS) is 16.8. The van der Waals surface area contributed by atoms with Crippen LogP contribution in [-0.2, 0) is 4.79 Å². The van der Waals surface area contributed by atoms with E-state index in [1.165, 1.54) is 6.33 Å². The molecule has 1 saturated carbocycles. The number of aromatic nitrogens is 4. The van der Waals surface area contributed by atoms with Crippen LogP contribution >= 0.6 is 0 Å². The first kappa shape index (κ1) is 13.9. The molecule has 0 N–H and O–H groups in total. The quantitative estimate of drug-likeness (QED) is 0.822. The smallest absolute Gasteiger partial charge is 0.251 e. The molecule has 0 atom stereocenters. The summed E-state index contributed by atoms with van der Waals surface area (Å²) < 4.78 is 5.37. The van der Waals surface area contributed by atoms with Gasteiger partial charge in [-0.25, -0.2) is 19.9 Å². The lowest BCUT2D eigenvalue weighted by atomic mass is 10.1. The third kappa shape index (κ3) is 2.38. The Hall–Kier alpha value is -2.70. The van der Waals surface area contributed by atoms with Gasteiger partial charge in [-0.15, -0.1) is 0 Å². The van der Waals surface area contributed by atoms with Crippen LogP contribution < -0.4 is 15.4 Å². The fourth-order valence-electron chi connectivity index (χ4n) is 2.77. The first-order valence-corrected chi connectivity index (χ1v) is 7.51. The molecule has 0 spiro atoms. The Bertz CT molecular complexity index is 934. The van der Waals surface area contributed by atoms with Gasteiger partial charge in [0.05, 0.1) is 19.2 Å². The highest BCUT2D eigenvalue weighted by Gasteiger charge is 2.31. The SMILES string of the molecule is COc1ncnc(C2CC2)c1-c1ncc2c(n1)=NC(=O)CC=2C. The van der Waals surface area contributed by atoms with Crippen LogP contribution in [0, 0.1) is 0 Å². The molecule has 7 heteroatoms. The Morgan fingerprint density at radius 3 is 2.78 bits per heavy atom. The van der Waals surface area contributed by atoms with Crippen molar-refractivity contribution >= 4 is 11.5 Å². The molecule has 116 valence electrons. The van der Waals surface area contributed by atoms with Crippen LogP contribution in [0.1, 0.15) is 37.8 Å². The van der Waals surface area contributed by atoms with Gasteiger partial charge in [0.15, 0.2) is 11.3 Å². The van der Waals surface area contributed by atoms with E-state index in [0.29, 0.717) is 35.1 Å². The molecule has 0 unspecified atom stereocenters. The van der Waals surface area contributed by atoms with Crippen LogP contribution in [0.15, 0.2) is 17.5 Å². The summed E-state index contributed by atoms with van der Waals surface area (Å²) in [6.07, 6.45) is 5.72. The summed E-state index contributed by atoms with van der Waals surface area (Å²) in [6, 6.07) is 0. The number of hydrogen-bond donors (Lipinski definition) is 0. The van der Waals surface area contributed by atoms with E-state index in [9.17, 15) is 4.79 Å². The van der Waals surface area contributed by atoms with E-state index in [1.54, 1.807) is 13.3 Å². The Labute approximate surface area is 132 Å². The molecule has 2 aromatic heterocycles. The second kappa shape index (κ2) is 5.19. The average molecular weight is 309 g/mol. The summed E-state index contributed by atoms with van der Waals surface area (Å²) in [5, 5.41) is 0.817. The first-order valence-electron chi connectivity index (χ1n) is 7.51. The van der Waals surface area contributed by atoms with Gasteiger partial charge in [-0.2, -0.15) is 4.99 Å². The fraction of sp³-hybridized carbons (Fsp3) is 0.375. The number of ether oxygens (including phenoxy) is 1. The summed E-state index contributed by atoms with van der Waals surface area (Å²) in [7, 11) is 1.56. The van der Waals surface area contributed by atoms with Gasteiger partial charge < -0.3 is 4.74 Å². The first-order chi connectivity index (χ1) is 11.2. The molecule has 0 radical (unpaired) electrons. The Morgan fingerprint density at radius 1 is 1.22 bits per heavy atom. The molecular weight excluding hydrogens is 294 g/mol. The van der Waals surface area contributed by atoms with Crippen LogP contribution in [0.4, 0.5) is 0 Å². The van der Waals surface area contributed by atoms with Gasteiger partial charge in [0, 0.05) is 17.3 Å². The highest BCUT2D eigenvalue weighted by Crippen LogP contribution is 2.44. The third-order valence-electron chi connectivity index (χ3n) is 4.10. The monoisotopic (exact) mass is 309 g/mol. The van der Waals surface area contributed by atoms with Crippen molar-refractivity contribution in [2.24, 2.45) is 4.99 Å². The number of amides is 1. The van der Waals surface area contributed by atoms with Crippen molar-refractivity contribution in [3.8, 4) is 17.3 Å². The molecule has 0 aromatic carbocycles. The Balaban J connectivity index is 1.97. The van der Waals surface area contributed by atoms with Crippen molar-refractivity contribution in [2.75, 3.05) is 7.11 Å². The van der Waals surface area contributed by atoms with Crippen molar-refractivity contribution < 1.29 is 9.53 Å². The zero-order chi connectivity index (χ0) is 16.0. The number of carbonyl (C=O) groups excluding carboxylic acids is 1. The Kier molecular flexibility index (Phi) is 3.14. The van der Waals surface area contributed by atoms with E-state index in [4.69, 9.17) is 4.74 Å². The van der Waals surface area contributed by atoms with Gasteiger partial charge in [-0.05, 0) is 19.8 Å². The van der Waals surface area contributed by atoms with Crippen molar-refractivity contribution in [3.05, 3.63) is 28.9 Å². The average Bonchev–Trinajstić information content (AvgIpc) is 3.38. The Morgan fingerprint density at radius 2 is 2.04 bits per heavy atom. The number of methoxy groups -OCH3 is 1. The van der Waals surface area contributed by atoms with Gasteiger partial charge >= 0.3 is 0 Å². The topological polar surface area (TPSA) is 90.2 Å². The number of fused-ring (bicyclic) bond motifs is 1. The van der Waals surface area contributed by atoms with Crippen molar-refractivity contribution in [3.63, 3.8) is 0 Å². The minimum Gasteiger partial charge on any atom is -0.480 e. The lowest BCUT2D eigenvalue weighted by Crippen LogP contribution is -2.36. The van der Waals surface area contributed by atoms with Gasteiger partial charge in [0.25, 0.3) is 5.91 Å². The summed E-state index contributed by atoms with van der Waals surface area (Å²) in [5.74, 6) is 1.12.